The van der Waals surface area contributed by atoms with Crippen molar-refractivity contribution in [2.45, 2.75) is 32.8 Å². The summed E-state index contributed by atoms with van der Waals surface area (Å²) in [6.45, 7) is 6.45. The summed E-state index contributed by atoms with van der Waals surface area (Å²) in [5.74, 6) is 1.42. The van der Waals surface area contributed by atoms with Gasteiger partial charge in [0.2, 0.25) is 11.8 Å². The van der Waals surface area contributed by atoms with Gasteiger partial charge in [0.25, 0.3) is 0 Å². The van der Waals surface area contributed by atoms with Crippen molar-refractivity contribution in [1.82, 2.24) is 15.3 Å². The summed E-state index contributed by atoms with van der Waals surface area (Å²) < 4.78 is 5.60. The van der Waals surface area contributed by atoms with E-state index in [0.717, 1.165) is 25.2 Å². The van der Waals surface area contributed by atoms with Crippen LogP contribution in [0.3, 0.4) is 0 Å². The minimum absolute atomic E-state index is 0.0234. The van der Waals surface area contributed by atoms with Gasteiger partial charge in [-0.15, -0.1) is 0 Å². The Bertz CT molecular complexity index is 495. The van der Waals surface area contributed by atoms with Crippen LogP contribution in [0, 0.1) is 5.92 Å². The molecule has 1 aromatic heterocycles. The molecule has 1 aliphatic rings. The first-order valence-corrected chi connectivity index (χ1v) is 7.81. The number of aromatic nitrogens is 2. The van der Waals surface area contributed by atoms with E-state index in [0.29, 0.717) is 25.5 Å². The molecule has 1 aliphatic heterocycles. The quantitative estimate of drug-likeness (QED) is 0.797. The molecule has 1 amide bonds. The van der Waals surface area contributed by atoms with Gasteiger partial charge in [0.1, 0.15) is 12.1 Å². The SMILES string of the molecule is CC(C)Oc1cc(N2CCCC(C(=O)NCCN)C2)ncn1. The highest BCUT2D eigenvalue weighted by Crippen LogP contribution is 2.23. The molecule has 7 nitrogen and oxygen atoms in total. The predicted octanol–water partition coefficient (Wildman–Crippen LogP) is 0.555. The van der Waals surface area contributed by atoms with Crippen LogP contribution in [0.1, 0.15) is 26.7 Å². The molecule has 7 heteroatoms. The molecule has 122 valence electrons. The summed E-state index contributed by atoms with van der Waals surface area (Å²) in [6, 6.07) is 1.83. The second kappa shape index (κ2) is 7.93. The van der Waals surface area contributed by atoms with Crippen LogP contribution in [-0.4, -0.2) is 48.2 Å². The maximum Gasteiger partial charge on any atom is 0.224 e. The Labute approximate surface area is 131 Å². The number of amides is 1. The number of rotatable bonds is 6. The summed E-state index contributed by atoms with van der Waals surface area (Å²) >= 11 is 0. The number of ether oxygens (including phenoxy) is 1. The molecule has 0 saturated carbocycles. The average Bonchev–Trinajstić information content (AvgIpc) is 2.52. The second-order valence-electron chi connectivity index (χ2n) is 5.75. The van der Waals surface area contributed by atoms with Crippen LogP contribution in [0.25, 0.3) is 0 Å². The van der Waals surface area contributed by atoms with E-state index >= 15 is 0 Å². The third kappa shape index (κ3) is 4.56. The van der Waals surface area contributed by atoms with Crippen molar-refractivity contribution in [3.8, 4) is 5.88 Å². The van der Waals surface area contributed by atoms with Gasteiger partial charge in [0.05, 0.1) is 12.0 Å². The van der Waals surface area contributed by atoms with Gasteiger partial charge in [-0.1, -0.05) is 0 Å². The summed E-state index contributed by atoms with van der Waals surface area (Å²) in [4.78, 5) is 22.6. The lowest BCUT2D eigenvalue weighted by Gasteiger charge is -2.32. The zero-order chi connectivity index (χ0) is 15.9. The molecule has 1 atom stereocenters. The van der Waals surface area contributed by atoms with E-state index in [-0.39, 0.29) is 17.9 Å². The van der Waals surface area contributed by atoms with Crippen LogP contribution in [0.4, 0.5) is 5.82 Å². The van der Waals surface area contributed by atoms with Crippen molar-refractivity contribution >= 4 is 11.7 Å². The van der Waals surface area contributed by atoms with Crippen molar-refractivity contribution in [1.29, 1.82) is 0 Å². The monoisotopic (exact) mass is 307 g/mol. The van der Waals surface area contributed by atoms with Gasteiger partial charge in [-0.2, -0.15) is 0 Å². The third-order valence-corrected chi connectivity index (χ3v) is 3.54. The van der Waals surface area contributed by atoms with Crippen LogP contribution in [-0.2, 0) is 4.79 Å². The van der Waals surface area contributed by atoms with Gasteiger partial charge < -0.3 is 20.7 Å². The van der Waals surface area contributed by atoms with E-state index in [9.17, 15) is 4.79 Å². The smallest absolute Gasteiger partial charge is 0.224 e. The Morgan fingerprint density at radius 2 is 2.36 bits per heavy atom. The number of anilines is 1. The number of nitrogens with zero attached hydrogens (tertiary/aromatic N) is 3. The van der Waals surface area contributed by atoms with Crippen molar-refractivity contribution in [3.05, 3.63) is 12.4 Å². The number of hydrogen-bond acceptors (Lipinski definition) is 6. The fraction of sp³-hybridized carbons (Fsp3) is 0.667. The summed E-state index contributed by atoms with van der Waals surface area (Å²) in [7, 11) is 0. The first-order valence-electron chi connectivity index (χ1n) is 7.81. The normalized spacial score (nSPS) is 18.4. The van der Waals surface area contributed by atoms with Gasteiger partial charge in [-0.05, 0) is 26.7 Å². The van der Waals surface area contributed by atoms with Gasteiger partial charge >= 0.3 is 0 Å². The van der Waals surface area contributed by atoms with Gasteiger partial charge in [-0.25, -0.2) is 9.97 Å². The number of hydrogen-bond donors (Lipinski definition) is 2. The Balaban J connectivity index is 2.01. The number of piperidine rings is 1. The molecule has 1 fully saturated rings. The van der Waals surface area contributed by atoms with Crippen LogP contribution in [0.2, 0.25) is 0 Å². The van der Waals surface area contributed by atoms with E-state index in [4.69, 9.17) is 10.5 Å². The van der Waals surface area contributed by atoms with E-state index in [2.05, 4.69) is 20.2 Å². The molecule has 1 aromatic rings. The molecule has 1 saturated heterocycles. The average molecular weight is 307 g/mol. The molecule has 0 radical (unpaired) electrons. The van der Waals surface area contributed by atoms with Crippen molar-refractivity contribution < 1.29 is 9.53 Å². The topological polar surface area (TPSA) is 93.4 Å². The zero-order valence-corrected chi connectivity index (χ0v) is 13.3. The predicted molar refractivity (Wildman–Crippen MR) is 84.8 cm³/mol. The number of carbonyl (C=O) groups excluding carboxylic acids is 1. The van der Waals surface area contributed by atoms with Gasteiger partial charge in [-0.3, -0.25) is 4.79 Å². The number of nitrogens with one attached hydrogen (secondary N) is 1. The highest BCUT2D eigenvalue weighted by molar-refractivity contribution is 5.79. The highest BCUT2D eigenvalue weighted by atomic mass is 16.5. The standard InChI is InChI=1S/C15H25N5O2/c1-11(2)22-14-8-13(18-10-19-14)20-7-3-4-12(9-20)15(21)17-6-5-16/h8,10-12H,3-7,9,16H2,1-2H3,(H,17,21). The van der Waals surface area contributed by atoms with Gasteiger partial charge in [0, 0.05) is 32.2 Å². The van der Waals surface area contributed by atoms with Crippen molar-refractivity contribution in [2.75, 3.05) is 31.1 Å². The van der Waals surface area contributed by atoms with E-state index in [1.54, 1.807) is 0 Å². The Hall–Kier alpha value is -1.89. The third-order valence-electron chi connectivity index (χ3n) is 3.54. The minimum atomic E-state index is -0.0234. The van der Waals surface area contributed by atoms with Crippen molar-refractivity contribution in [2.24, 2.45) is 11.7 Å². The maximum absolute atomic E-state index is 12.1. The molecule has 22 heavy (non-hydrogen) atoms. The van der Waals surface area contributed by atoms with Crippen LogP contribution >= 0.6 is 0 Å². The molecule has 3 N–H and O–H groups in total. The molecule has 0 aliphatic carbocycles. The molecule has 0 bridgehead atoms. The zero-order valence-electron chi connectivity index (χ0n) is 13.3. The molecule has 1 unspecified atom stereocenters. The molecular weight excluding hydrogens is 282 g/mol. The first kappa shape index (κ1) is 16.5. The fourth-order valence-electron chi connectivity index (χ4n) is 2.55. The van der Waals surface area contributed by atoms with Crippen LogP contribution in [0.5, 0.6) is 5.88 Å². The first-order chi connectivity index (χ1) is 10.6. The second-order valence-corrected chi connectivity index (χ2v) is 5.75. The van der Waals surface area contributed by atoms with E-state index in [1.807, 2.05) is 19.9 Å². The fourth-order valence-corrected chi connectivity index (χ4v) is 2.55. The summed E-state index contributed by atoms with van der Waals surface area (Å²) in [6.07, 6.45) is 3.43. The van der Waals surface area contributed by atoms with E-state index in [1.165, 1.54) is 6.33 Å². The molecule has 0 aromatic carbocycles. The molecule has 2 rings (SSSR count). The lowest BCUT2D eigenvalue weighted by Crippen LogP contribution is -2.44. The van der Waals surface area contributed by atoms with Crippen LogP contribution in [0.15, 0.2) is 12.4 Å². The van der Waals surface area contributed by atoms with Crippen LogP contribution < -0.4 is 20.7 Å². The maximum atomic E-state index is 12.1. The highest BCUT2D eigenvalue weighted by Gasteiger charge is 2.26. The summed E-state index contributed by atoms with van der Waals surface area (Å²) in [5.41, 5.74) is 5.43. The summed E-state index contributed by atoms with van der Waals surface area (Å²) in [5, 5.41) is 2.86. The largest absolute Gasteiger partial charge is 0.475 e. The van der Waals surface area contributed by atoms with E-state index < -0.39 is 0 Å². The minimum Gasteiger partial charge on any atom is -0.475 e. The lowest BCUT2D eigenvalue weighted by atomic mass is 9.97. The molecule has 0 spiro atoms. The van der Waals surface area contributed by atoms with Crippen molar-refractivity contribution in [3.63, 3.8) is 0 Å². The van der Waals surface area contributed by atoms with Gasteiger partial charge in [0.15, 0.2) is 0 Å². The Kier molecular flexibility index (Phi) is 5.94. The Morgan fingerprint density at radius 1 is 1.55 bits per heavy atom. The Morgan fingerprint density at radius 3 is 3.09 bits per heavy atom. The molecular formula is C15H25N5O2. The number of carbonyl (C=O) groups is 1. The number of nitrogens with two attached hydrogens (primary N) is 1. The lowest BCUT2D eigenvalue weighted by molar-refractivity contribution is -0.125. The molecule has 2 heterocycles.